The highest BCUT2D eigenvalue weighted by Gasteiger charge is 2.27. The number of rotatable bonds is 4. The summed E-state index contributed by atoms with van der Waals surface area (Å²) in [6.45, 7) is 5.49. The Bertz CT molecular complexity index is 215. The molecule has 0 saturated heterocycles. The maximum absolute atomic E-state index is 6.24. The molecular formula is C15H29NO. The Morgan fingerprint density at radius 3 is 2.24 bits per heavy atom. The summed E-state index contributed by atoms with van der Waals surface area (Å²) in [6.07, 6.45) is 9.70. The van der Waals surface area contributed by atoms with Crippen LogP contribution < -0.4 is 5.73 Å². The number of hydrogen-bond acceptors (Lipinski definition) is 2. The van der Waals surface area contributed by atoms with Crippen LogP contribution in [0.5, 0.6) is 0 Å². The van der Waals surface area contributed by atoms with Gasteiger partial charge in [-0.25, -0.2) is 0 Å². The lowest BCUT2D eigenvalue weighted by Gasteiger charge is -2.32. The highest BCUT2D eigenvalue weighted by atomic mass is 16.5. The number of ether oxygens (including phenoxy) is 1. The van der Waals surface area contributed by atoms with E-state index in [0.29, 0.717) is 6.10 Å². The monoisotopic (exact) mass is 239 g/mol. The topological polar surface area (TPSA) is 35.2 Å². The van der Waals surface area contributed by atoms with Gasteiger partial charge < -0.3 is 10.5 Å². The van der Waals surface area contributed by atoms with Gasteiger partial charge in [0, 0.05) is 6.04 Å². The van der Waals surface area contributed by atoms with E-state index in [1.807, 2.05) is 0 Å². The molecule has 0 spiro atoms. The molecule has 2 rings (SSSR count). The van der Waals surface area contributed by atoms with E-state index in [0.717, 1.165) is 24.4 Å². The molecule has 0 aromatic heterocycles. The van der Waals surface area contributed by atoms with Crippen molar-refractivity contribution in [2.24, 2.45) is 23.5 Å². The summed E-state index contributed by atoms with van der Waals surface area (Å²) < 4.78 is 6.07. The molecule has 100 valence electrons. The second kappa shape index (κ2) is 6.19. The number of nitrogens with two attached hydrogens (primary N) is 1. The maximum atomic E-state index is 6.24. The number of hydrogen-bond donors (Lipinski definition) is 1. The van der Waals surface area contributed by atoms with Crippen molar-refractivity contribution in [1.29, 1.82) is 0 Å². The van der Waals surface area contributed by atoms with Gasteiger partial charge in [-0.15, -0.1) is 0 Å². The zero-order valence-electron chi connectivity index (χ0n) is 11.5. The van der Waals surface area contributed by atoms with Crippen molar-refractivity contribution in [3.05, 3.63) is 0 Å². The molecule has 3 unspecified atom stereocenters. The largest absolute Gasteiger partial charge is 0.377 e. The Labute approximate surface area is 106 Å². The lowest BCUT2D eigenvalue weighted by Crippen LogP contribution is -2.36. The molecule has 0 heterocycles. The lowest BCUT2D eigenvalue weighted by molar-refractivity contribution is -0.0106. The van der Waals surface area contributed by atoms with E-state index in [9.17, 15) is 0 Å². The van der Waals surface area contributed by atoms with E-state index in [1.54, 1.807) is 0 Å². The summed E-state index contributed by atoms with van der Waals surface area (Å²) in [7, 11) is 0. The Morgan fingerprint density at radius 1 is 1.06 bits per heavy atom. The van der Waals surface area contributed by atoms with Gasteiger partial charge >= 0.3 is 0 Å². The molecular weight excluding hydrogens is 210 g/mol. The van der Waals surface area contributed by atoms with Crippen LogP contribution in [0.1, 0.15) is 58.8 Å². The first kappa shape index (κ1) is 13.4. The molecule has 3 atom stereocenters. The van der Waals surface area contributed by atoms with Crippen LogP contribution in [0.2, 0.25) is 0 Å². The first-order chi connectivity index (χ1) is 8.15. The zero-order valence-corrected chi connectivity index (χ0v) is 11.5. The van der Waals surface area contributed by atoms with E-state index >= 15 is 0 Å². The molecule has 0 radical (unpaired) electrons. The first-order valence-corrected chi connectivity index (χ1v) is 7.52. The molecule has 17 heavy (non-hydrogen) atoms. The van der Waals surface area contributed by atoms with Crippen LogP contribution in [0.4, 0.5) is 0 Å². The van der Waals surface area contributed by atoms with E-state index in [1.165, 1.54) is 44.9 Å². The van der Waals surface area contributed by atoms with Crippen molar-refractivity contribution in [1.82, 2.24) is 0 Å². The lowest BCUT2D eigenvalue weighted by atomic mass is 9.82. The van der Waals surface area contributed by atoms with Crippen molar-refractivity contribution in [2.75, 3.05) is 6.61 Å². The molecule has 2 N–H and O–H groups in total. The van der Waals surface area contributed by atoms with E-state index < -0.39 is 0 Å². The summed E-state index contributed by atoms with van der Waals surface area (Å²) >= 11 is 0. The fourth-order valence-electron chi connectivity index (χ4n) is 3.78. The molecule has 0 bridgehead atoms. The average molecular weight is 239 g/mol. The van der Waals surface area contributed by atoms with Gasteiger partial charge in [0.25, 0.3) is 0 Å². The van der Waals surface area contributed by atoms with Crippen molar-refractivity contribution in [3.8, 4) is 0 Å². The quantitative estimate of drug-likeness (QED) is 0.816. The normalized spacial score (nSPS) is 37.2. The highest BCUT2D eigenvalue weighted by molar-refractivity contribution is 4.80. The molecule has 2 aliphatic carbocycles. The molecule has 2 fully saturated rings. The van der Waals surface area contributed by atoms with Crippen LogP contribution in [-0.2, 0) is 4.74 Å². The van der Waals surface area contributed by atoms with Crippen LogP contribution in [0.15, 0.2) is 0 Å². The van der Waals surface area contributed by atoms with Gasteiger partial charge in [0.1, 0.15) is 0 Å². The van der Waals surface area contributed by atoms with Gasteiger partial charge in [0.15, 0.2) is 0 Å². The van der Waals surface area contributed by atoms with Crippen molar-refractivity contribution in [2.45, 2.75) is 70.9 Å². The van der Waals surface area contributed by atoms with Gasteiger partial charge in [-0.3, -0.25) is 0 Å². The second-order valence-electron chi connectivity index (χ2n) is 6.58. The molecule has 0 amide bonds. The van der Waals surface area contributed by atoms with Gasteiger partial charge in [-0.2, -0.15) is 0 Å². The summed E-state index contributed by atoms with van der Waals surface area (Å²) in [5.74, 6) is 2.38. The third-order valence-corrected chi connectivity index (χ3v) is 4.66. The molecule has 2 nitrogen and oxygen atoms in total. The third-order valence-electron chi connectivity index (χ3n) is 4.66. The predicted molar refractivity (Wildman–Crippen MR) is 71.9 cm³/mol. The summed E-state index contributed by atoms with van der Waals surface area (Å²) in [5.41, 5.74) is 6.24. The molecule has 0 aromatic rings. The Hall–Kier alpha value is -0.0800. The van der Waals surface area contributed by atoms with Crippen LogP contribution in [0.3, 0.4) is 0 Å². The third kappa shape index (κ3) is 3.96. The van der Waals surface area contributed by atoms with Crippen LogP contribution in [0, 0.1) is 17.8 Å². The zero-order chi connectivity index (χ0) is 12.3. The standard InChI is InChI=1S/C15H29NO/c1-11-7-12(2)9-14(8-11)17-10-15(16)13-5-3-4-6-13/h11-15H,3-10,16H2,1-2H3. The maximum Gasteiger partial charge on any atom is 0.0623 e. The predicted octanol–water partition coefficient (Wildman–Crippen LogP) is 3.35. The van der Waals surface area contributed by atoms with Crippen LogP contribution in [0.25, 0.3) is 0 Å². The van der Waals surface area contributed by atoms with Gasteiger partial charge in [0.05, 0.1) is 12.7 Å². The molecule has 2 heteroatoms. The van der Waals surface area contributed by atoms with Crippen LogP contribution >= 0.6 is 0 Å². The van der Waals surface area contributed by atoms with E-state index in [-0.39, 0.29) is 6.04 Å². The van der Waals surface area contributed by atoms with E-state index in [4.69, 9.17) is 10.5 Å². The first-order valence-electron chi connectivity index (χ1n) is 7.52. The Balaban J connectivity index is 1.69. The Kier molecular flexibility index (Phi) is 4.87. The summed E-state index contributed by atoms with van der Waals surface area (Å²) in [5, 5.41) is 0. The smallest absolute Gasteiger partial charge is 0.0623 e. The van der Waals surface area contributed by atoms with Crippen molar-refractivity contribution >= 4 is 0 Å². The van der Waals surface area contributed by atoms with Gasteiger partial charge in [0.2, 0.25) is 0 Å². The minimum Gasteiger partial charge on any atom is -0.377 e. The van der Waals surface area contributed by atoms with Crippen molar-refractivity contribution in [3.63, 3.8) is 0 Å². The SMILES string of the molecule is CC1CC(C)CC(OCC(N)C2CCCC2)C1. The van der Waals surface area contributed by atoms with Crippen LogP contribution in [-0.4, -0.2) is 18.8 Å². The second-order valence-corrected chi connectivity index (χ2v) is 6.58. The molecule has 2 saturated carbocycles. The highest BCUT2D eigenvalue weighted by Crippen LogP contribution is 2.31. The minimum atomic E-state index is 0.282. The molecule has 0 aromatic carbocycles. The Morgan fingerprint density at radius 2 is 1.65 bits per heavy atom. The van der Waals surface area contributed by atoms with Gasteiger partial charge in [-0.1, -0.05) is 26.7 Å². The average Bonchev–Trinajstić information content (AvgIpc) is 2.78. The van der Waals surface area contributed by atoms with Gasteiger partial charge in [-0.05, 0) is 49.9 Å². The van der Waals surface area contributed by atoms with Crippen molar-refractivity contribution < 1.29 is 4.74 Å². The summed E-state index contributed by atoms with van der Waals surface area (Å²) in [6, 6.07) is 0.282. The molecule has 2 aliphatic rings. The fourth-order valence-corrected chi connectivity index (χ4v) is 3.78. The molecule has 0 aliphatic heterocycles. The summed E-state index contributed by atoms with van der Waals surface area (Å²) in [4.78, 5) is 0. The fraction of sp³-hybridized carbons (Fsp3) is 1.00. The van der Waals surface area contributed by atoms with E-state index in [2.05, 4.69) is 13.8 Å². The minimum absolute atomic E-state index is 0.282.